The number of carboxylic acids is 1. The summed E-state index contributed by atoms with van der Waals surface area (Å²) in [7, 11) is 1.62. The van der Waals surface area contributed by atoms with Gasteiger partial charge < -0.3 is 24.7 Å². The average molecular weight is 412 g/mol. The highest BCUT2D eigenvalue weighted by molar-refractivity contribution is 5.77. The maximum atomic E-state index is 14.4. The van der Waals surface area contributed by atoms with Crippen molar-refractivity contribution in [2.24, 2.45) is 0 Å². The lowest BCUT2D eigenvalue weighted by Gasteiger charge is -2.23. The van der Waals surface area contributed by atoms with Crippen LogP contribution in [0.15, 0.2) is 42.5 Å². The van der Waals surface area contributed by atoms with Crippen LogP contribution >= 0.6 is 0 Å². The summed E-state index contributed by atoms with van der Waals surface area (Å²) >= 11 is 0. The molecule has 1 fully saturated rings. The van der Waals surface area contributed by atoms with Crippen LogP contribution in [0, 0.1) is 0 Å². The van der Waals surface area contributed by atoms with Crippen molar-refractivity contribution in [3.63, 3.8) is 0 Å². The van der Waals surface area contributed by atoms with E-state index in [2.05, 4.69) is 0 Å². The first kappa shape index (κ1) is 22.8. The highest BCUT2D eigenvalue weighted by Gasteiger charge is 2.39. The van der Waals surface area contributed by atoms with Gasteiger partial charge in [0.05, 0.1) is 6.04 Å². The molecule has 1 saturated heterocycles. The number of hydrogen-bond donors (Lipinski definition) is 2. The molecule has 1 unspecified atom stereocenters. The third-order valence-corrected chi connectivity index (χ3v) is 4.64. The summed E-state index contributed by atoms with van der Waals surface area (Å²) < 4.78 is 33.8. The normalized spacial score (nSPS) is 18.6. The molecular formula is C20H26F2N2O5. The molecule has 1 aromatic rings. The van der Waals surface area contributed by atoms with Crippen molar-refractivity contribution in [2.45, 2.75) is 30.9 Å². The quantitative estimate of drug-likeness (QED) is 0.430. The molecule has 29 heavy (non-hydrogen) atoms. The van der Waals surface area contributed by atoms with Crippen LogP contribution in [0.2, 0.25) is 0 Å². The second-order valence-corrected chi connectivity index (χ2v) is 6.90. The van der Waals surface area contributed by atoms with Crippen molar-refractivity contribution in [2.75, 3.05) is 33.4 Å². The van der Waals surface area contributed by atoms with E-state index in [1.807, 2.05) is 0 Å². The van der Waals surface area contributed by atoms with Gasteiger partial charge in [-0.3, -0.25) is 0 Å². The standard InChI is InChI=1S/C20H26F2N2O5/c1-23-13-16(24(19(23)28)11-5-6-12-29-14-18(26)27)9-10-17(25)20(21,22)15-7-3-2-4-8-15/h2-4,7-10,16-17,25H,5-6,11-14H2,1H3,(H,26,27)/b10-9+/t16-,17?/m0/s1. The molecule has 0 aliphatic carbocycles. The Morgan fingerprint density at radius 1 is 1.34 bits per heavy atom. The van der Waals surface area contributed by atoms with Crippen LogP contribution in [0.25, 0.3) is 0 Å². The fourth-order valence-electron chi connectivity index (χ4n) is 3.08. The Balaban J connectivity index is 1.92. The molecule has 7 nitrogen and oxygen atoms in total. The van der Waals surface area contributed by atoms with Crippen molar-refractivity contribution in [1.29, 1.82) is 0 Å². The number of alkyl halides is 2. The number of ether oxygens (including phenoxy) is 1. The van der Waals surface area contributed by atoms with Crippen molar-refractivity contribution in [1.82, 2.24) is 9.80 Å². The smallest absolute Gasteiger partial charge is 0.329 e. The molecule has 9 heteroatoms. The lowest BCUT2D eigenvalue weighted by atomic mass is 10.0. The van der Waals surface area contributed by atoms with Gasteiger partial charge >= 0.3 is 17.9 Å². The molecule has 0 saturated carbocycles. The number of nitrogens with zero attached hydrogens (tertiary/aromatic N) is 2. The number of aliphatic hydroxyl groups is 1. The van der Waals surface area contributed by atoms with Gasteiger partial charge in [0.25, 0.3) is 0 Å². The Bertz CT molecular complexity index is 714. The highest BCUT2D eigenvalue weighted by atomic mass is 19.3. The number of aliphatic hydroxyl groups excluding tert-OH is 1. The maximum Gasteiger partial charge on any atom is 0.329 e. The Labute approximate surface area is 168 Å². The molecule has 2 N–H and O–H groups in total. The first-order chi connectivity index (χ1) is 13.7. The minimum atomic E-state index is -3.45. The largest absolute Gasteiger partial charge is 0.480 e. The van der Waals surface area contributed by atoms with Crippen molar-refractivity contribution in [3.05, 3.63) is 48.0 Å². The fraction of sp³-hybridized carbons (Fsp3) is 0.500. The topological polar surface area (TPSA) is 90.3 Å². The number of benzene rings is 1. The van der Waals surface area contributed by atoms with Gasteiger partial charge in [0.1, 0.15) is 12.7 Å². The average Bonchev–Trinajstić information content (AvgIpc) is 2.96. The molecule has 0 spiro atoms. The number of rotatable bonds is 11. The minimum absolute atomic E-state index is 0.226. The van der Waals surface area contributed by atoms with Gasteiger partial charge in [-0.25, -0.2) is 9.59 Å². The van der Waals surface area contributed by atoms with Crippen molar-refractivity contribution >= 4 is 12.0 Å². The van der Waals surface area contributed by atoms with Crippen molar-refractivity contribution < 1.29 is 33.3 Å². The van der Waals surface area contributed by atoms with Crippen LogP contribution in [0.1, 0.15) is 18.4 Å². The zero-order valence-electron chi connectivity index (χ0n) is 16.2. The Hall–Kier alpha value is -2.52. The zero-order valence-corrected chi connectivity index (χ0v) is 16.2. The number of urea groups is 1. The SMILES string of the molecule is CN1C[C@H](/C=C/C(O)C(F)(F)c2ccccc2)N(CCCCOCC(=O)O)C1=O. The predicted molar refractivity (Wildman–Crippen MR) is 102 cm³/mol. The monoisotopic (exact) mass is 412 g/mol. The van der Waals surface area contributed by atoms with E-state index in [1.54, 1.807) is 18.0 Å². The van der Waals surface area contributed by atoms with Crippen LogP contribution in [-0.4, -0.2) is 77.5 Å². The predicted octanol–water partition coefficient (Wildman–Crippen LogP) is 2.31. The number of amides is 2. The first-order valence-corrected chi connectivity index (χ1v) is 9.34. The molecule has 0 radical (unpaired) electrons. The molecule has 1 heterocycles. The van der Waals surface area contributed by atoms with Gasteiger partial charge in [-0.2, -0.15) is 8.78 Å². The molecule has 1 aliphatic heterocycles. The minimum Gasteiger partial charge on any atom is -0.480 e. The molecule has 0 aromatic heterocycles. The molecule has 2 rings (SSSR count). The summed E-state index contributed by atoms with van der Waals surface area (Å²) in [6.45, 7) is 0.589. The third kappa shape index (κ3) is 6.23. The number of carbonyl (C=O) groups excluding carboxylic acids is 1. The summed E-state index contributed by atoms with van der Waals surface area (Å²) in [5.74, 6) is -4.49. The van der Waals surface area contributed by atoms with Gasteiger partial charge in [-0.15, -0.1) is 0 Å². The van der Waals surface area contributed by atoms with Gasteiger partial charge in [0.15, 0.2) is 0 Å². The number of likely N-dealkylation sites (N-methyl/N-ethyl adjacent to an activating group) is 1. The Morgan fingerprint density at radius 3 is 2.69 bits per heavy atom. The molecule has 0 bridgehead atoms. The second-order valence-electron chi connectivity index (χ2n) is 6.90. The van der Waals surface area contributed by atoms with Crippen LogP contribution in [-0.2, 0) is 15.5 Å². The molecule has 1 aliphatic rings. The number of carbonyl (C=O) groups is 2. The molecular weight excluding hydrogens is 386 g/mol. The van der Waals surface area contributed by atoms with E-state index in [1.165, 1.54) is 35.2 Å². The van der Waals surface area contributed by atoms with E-state index in [0.29, 0.717) is 25.9 Å². The van der Waals surface area contributed by atoms with E-state index >= 15 is 0 Å². The molecule has 160 valence electrons. The number of aliphatic carboxylic acids is 1. The highest BCUT2D eigenvalue weighted by Crippen LogP contribution is 2.32. The van der Waals surface area contributed by atoms with E-state index in [4.69, 9.17) is 9.84 Å². The van der Waals surface area contributed by atoms with E-state index < -0.39 is 24.0 Å². The summed E-state index contributed by atoms with van der Waals surface area (Å²) in [4.78, 5) is 25.7. The molecule has 1 aromatic carbocycles. The summed E-state index contributed by atoms with van der Waals surface area (Å²) in [6.07, 6.45) is 1.59. The van der Waals surface area contributed by atoms with Crippen LogP contribution < -0.4 is 0 Å². The van der Waals surface area contributed by atoms with Crippen molar-refractivity contribution in [3.8, 4) is 0 Å². The number of halogens is 2. The first-order valence-electron chi connectivity index (χ1n) is 9.34. The van der Waals surface area contributed by atoms with Crippen LogP contribution in [0.4, 0.5) is 13.6 Å². The van der Waals surface area contributed by atoms with E-state index in [9.17, 15) is 23.5 Å². The second kappa shape index (κ2) is 10.3. The summed E-state index contributed by atoms with van der Waals surface area (Å²) in [5, 5.41) is 18.5. The lowest BCUT2D eigenvalue weighted by molar-refractivity contribution is -0.142. The Kier molecular flexibility index (Phi) is 8.10. The third-order valence-electron chi connectivity index (χ3n) is 4.64. The van der Waals surface area contributed by atoms with Crippen LogP contribution in [0.3, 0.4) is 0 Å². The fourth-order valence-corrected chi connectivity index (χ4v) is 3.08. The van der Waals surface area contributed by atoms with E-state index in [-0.39, 0.29) is 24.8 Å². The number of hydrogen-bond acceptors (Lipinski definition) is 4. The van der Waals surface area contributed by atoms with E-state index in [0.717, 1.165) is 6.08 Å². The Morgan fingerprint density at radius 2 is 2.03 bits per heavy atom. The van der Waals surface area contributed by atoms with Gasteiger partial charge in [-0.1, -0.05) is 42.5 Å². The van der Waals surface area contributed by atoms with Gasteiger partial charge in [-0.05, 0) is 12.8 Å². The number of carboxylic acid groups (broad SMARTS) is 1. The number of unbranched alkanes of at least 4 members (excludes halogenated alkanes) is 1. The summed E-state index contributed by atoms with van der Waals surface area (Å²) in [6, 6.07) is 6.42. The molecule has 2 atom stereocenters. The lowest BCUT2D eigenvalue weighted by Crippen LogP contribution is -2.35. The van der Waals surface area contributed by atoms with Crippen LogP contribution in [0.5, 0.6) is 0 Å². The maximum absolute atomic E-state index is 14.4. The molecule has 2 amide bonds. The van der Waals surface area contributed by atoms with Gasteiger partial charge in [0.2, 0.25) is 0 Å². The summed E-state index contributed by atoms with van der Waals surface area (Å²) in [5.41, 5.74) is -0.282. The van der Waals surface area contributed by atoms with Gasteiger partial charge in [0, 0.05) is 32.3 Å². The zero-order chi connectivity index (χ0) is 21.4.